The van der Waals surface area contributed by atoms with Crippen LogP contribution in [0.1, 0.15) is 24.1 Å². The fraction of sp³-hybridized carbons (Fsp3) is 0.417. The molecule has 1 saturated carbocycles. The Kier molecular flexibility index (Phi) is 2.96. The van der Waals surface area contributed by atoms with Gasteiger partial charge in [-0.05, 0) is 37.3 Å². The maximum atomic E-state index is 5.86. The summed E-state index contributed by atoms with van der Waals surface area (Å²) in [6.45, 7) is 7.02. The lowest BCUT2D eigenvalue weighted by atomic mass is 10.2. The lowest BCUT2D eigenvalue weighted by Gasteiger charge is -2.10. The Labute approximate surface area is 95.4 Å². The molecule has 1 heterocycles. The molecule has 80 valence electrons. The second-order valence-corrected chi connectivity index (χ2v) is 4.49. The minimum atomic E-state index is 0.518. The van der Waals surface area contributed by atoms with Crippen LogP contribution in [0.3, 0.4) is 0 Å². The zero-order chi connectivity index (χ0) is 10.8. The lowest BCUT2D eigenvalue weighted by Crippen LogP contribution is -2.16. The number of aromatic nitrogens is 1. The summed E-state index contributed by atoms with van der Waals surface area (Å²) >= 11 is 5.86. The molecule has 2 rings (SSSR count). The van der Waals surface area contributed by atoms with Crippen molar-refractivity contribution in [2.24, 2.45) is 5.92 Å². The predicted octanol–water partition coefficient (Wildman–Crippen LogP) is 3.01. The molecule has 1 N–H and O–H groups in total. The van der Waals surface area contributed by atoms with Crippen LogP contribution in [0, 0.1) is 12.8 Å². The van der Waals surface area contributed by atoms with Crippen LogP contribution in [0.2, 0.25) is 5.15 Å². The average molecular weight is 223 g/mol. The normalized spacial score (nSPS) is 15.1. The molecule has 0 unspecified atom stereocenters. The van der Waals surface area contributed by atoms with Gasteiger partial charge >= 0.3 is 0 Å². The molecule has 1 aliphatic carbocycles. The van der Waals surface area contributed by atoms with Gasteiger partial charge in [0.05, 0.1) is 11.4 Å². The Morgan fingerprint density at radius 1 is 1.60 bits per heavy atom. The summed E-state index contributed by atoms with van der Waals surface area (Å²) in [5, 5.41) is 3.83. The predicted molar refractivity (Wildman–Crippen MR) is 63.7 cm³/mol. The first-order valence-corrected chi connectivity index (χ1v) is 5.61. The molecule has 0 bridgehead atoms. The smallest absolute Gasteiger partial charge is 0.129 e. The third-order valence-corrected chi connectivity index (χ3v) is 2.86. The summed E-state index contributed by atoms with van der Waals surface area (Å²) in [4.78, 5) is 4.27. The molecule has 0 amide bonds. The number of hydrogen-bond acceptors (Lipinski definition) is 2. The van der Waals surface area contributed by atoms with Gasteiger partial charge in [-0.3, -0.25) is 0 Å². The van der Waals surface area contributed by atoms with Crippen molar-refractivity contribution in [2.75, 3.05) is 6.54 Å². The summed E-state index contributed by atoms with van der Waals surface area (Å²) < 4.78 is 0. The van der Waals surface area contributed by atoms with Crippen molar-refractivity contribution >= 4 is 17.3 Å². The zero-order valence-corrected chi connectivity index (χ0v) is 9.64. The number of halogens is 1. The highest BCUT2D eigenvalue weighted by Crippen LogP contribution is 2.28. The van der Waals surface area contributed by atoms with Gasteiger partial charge in [0.2, 0.25) is 0 Å². The first-order valence-electron chi connectivity index (χ1n) is 5.23. The summed E-state index contributed by atoms with van der Waals surface area (Å²) in [6.07, 6.45) is 2.67. The topological polar surface area (TPSA) is 24.9 Å². The number of aryl methyl sites for hydroxylation is 1. The Morgan fingerprint density at radius 2 is 2.33 bits per heavy atom. The third-order valence-electron chi connectivity index (χ3n) is 2.65. The standard InChI is InChI=1S/C12H15ClN2/c1-8-3-6-11(13)15-12(8)9(2)14-7-10-4-5-10/h3,6,10,14H,2,4-5,7H2,1H3. The highest BCUT2D eigenvalue weighted by molar-refractivity contribution is 6.29. The molecular weight excluding hydrogens is 208 g/mol. The maximum absolute atomic E-state index is 5.86. The molecule has 15 heavy (non-hydrogen) atoms. The van der Waals surface area contributed by atoms with Crippen molar-refractivity contribution in [3.05, 3.63) is 35.1 Å². The van der Waals surface area contributed by atoms with Crippen LogP contribution in [0.4, 0.5) is 0 Å². The second kappa shape index (κ2) is 4.23. The van der Waals surface area contributed by atoms with Crippen molar-refractivity contribution in [3.8, 4) is 0 Å². The fourth-order valence-electron chi connectivity index (χ4n) is 1.48. The summed E-state index contributed by atoms with van der Waals surface area (Å²) in [5.74, 6) is 0.834. The molecule has 0 aliphatic heterocycles. The number of rotatable bonds is 4. The fourth-order valence-corrected chi connectivity index (χ4v) is 1.63. The van der Waals surface area contributed by atoms with E-state index in [2.05, 4.69) is 16.9 Å². The maximum Gasteiger partial charge on any atom is 0.129 e. The van der Waals surface area contributed by atoms with Gasteiger partial charge < -0.3 is 5.32 Å². The highest BCUT2D eigenvalue weighted by atomic mass is 35.5. The Bertz CT molecular complexity index is 383. The van der Waals surface area contributed by atoms with Crippen LogP contribution < -0.4 is 5.32 Å². The average Bonchev–Trinajstić information content (AvgIpc) is 3.02. The van der Waals surface area contributed by atoms with E-state index in [0.29, 0.717) is 5.15 Å². The molecule has 1 fully saturated rings. The van der Waals surface area contributed by atoms with Crippen molar-refractivity contribution < 1.29 is 0 Å². The van der Waals surface area contributed by atoms with Gasteiger partial charge in [-0.2, -0.15) is 0 Å². The quantitative estimate of drug-likeness (QED) is 0.793. The van der Waals surface area contributed by atoms with E-state index in [1.54, 1.807) is 6.07 Å². The molecule has 2 nitrogen and oxygen atoms in total. The van der Waals surface area contributed by atoms with E-state index >= 15 is 0 Å². The zero-order valence-electron chi connectivity index (χ0n) is 8.89. The van der Waals surface area contributed by atoms with Gasteiger partial charge in [0.1, 0.15) is 5.15 Å². The van der Waals surface area contributed by atoms with Crippen molar-refractivity contribution in [3.63, 3.8) is 0 Å². The van der Waals surface area contributed by atoms with Crippen LogP contribution in [-0.2, 0) is 0 Å². The third kappa shape index (κ3) is 2.72. The van der Waals surface area contributed by atoms with Gasteiger partial charge in [-0.15, -0.1) is 0 Å². The number of pyridine rings is 1. The number of hydrogen-bond donors (Lipinski definition) is 1. The molecule has 0 aromatic carbocycles. The Morgan fingerprint density at radius 3 is 3.00 bits per heavy atom. The molecule has 1 aromatic rings. The monoisotopic (exact) mass is 222 g/mol. The number of nitrogens with zero attached hydrogens (tertiary/aromatic N) is 1. The van der Waals surface area contributed by atoms with Crippen LogP contribution >= 0.6 is 11.6 Å². The summed E-state index contributed by atoms with van der Waals surface area (Å²) in [7, 11) is 0. The molecule has 0 atom stereocenters. The van der Waals surface area contributed by atoms with Crippen molar-refractivity contribution in [1.82, 2.24) is 10.3 Å². The van der Waals surface area contributed by atoms with E-state index in [9.17, 15) is 0 Å². The Balaban J connectivity index is 2.05. The van der Waals surface area contributed by atoms with Gasteiger partial charge in [0.25, 0.3) is 0 Å². The highest BCUT2D eigenvalue weighted by Gasteiger charge is 2.21. The minimum Gasteiger partial charge on any atom is -0.383 e. The van der Waals surface area contributed by atoms with Gasteiger partial charge in [0, 0.05) is 6.54 Å². The van der Waals surface area contributed by atoms with Crippen LogP contribution in [0.15, 0.2) is 18.7 Å². The minimum absolute atomic E-state index is 0.518. The molecule has 0 saturated heterocycles. The van der Waals surface area contributed by atoms with Crippen molar-refractivity contribution in [1.29, 1.82) is 0 Å². The van der Waals surface area contributed by atoms with Crippen LogP contribution in [-0.4, -0.2) is 11.5 Å². The SMILES string of the molecule is C=C(NCC1CC1)c1nc(Cl)ccc1C. The van der Waals surface area contributed by atoms with E-state index in [4.69, 9.17) is 11.6 Å². The molecule has 3 heteroatoms. The van der Waals surface area contributed by atoms with Crippen LogP contribution in [0.25, 0.3) is 5.70 Å². The summed E-state index contributed by atoms with van der Waals surface area (Å²) in [5.41, 5.74) is 2.86. The molecule has 1 aromatic heterocycles. The van der Waals surface area contributed by atoms with E-state index in [1.807, 2.05) is 13.0 Å². The molecular formula is C12H15ClN2. The van der Waals surface area contributed by atoms with E-state index < -0.39 is 0 Å². The van der Waals surface area contributed by atoms with Gasteiger partial charge in [-0.25, -0.2) is 4.98 Å². The largest absolute Gasteiger partial charge is 0.383 e. The molecule has 0 spiro atoms. The Hall–Kier alpha value is -1.02. The first-order chi connectivity index (χ1) is 7.16. The van der Waals surface area contributed by atoms with E-state index in [0.717, 1.165) is 29.4 Å². The van der Waals surface area contributed by atoms with E-state index in [-0.39, 0.29) is 0 Å². The summed E-state index contributed by atoms with van der Waals surface area (Å²) in [6, 6.07) is 3.77. The van der Waals surface area contributed by atoms with Gasteiger partial charge in [-0.1, -0.05) is 24.2 Å². The molecule has 0 radical (unpaired) electrons. The van der Waals surface area contributed by atoms with E-state index in [1.165, 1.54) is 12.8 Å². The lowest BCUT2D eigenvalue weighted by molar-refractivity contribution is 0.757. The number of nitrogens with one attached hydrogen (secondary N) is 1. The van der Waals surface area contributed by atoms with Crippen LogP contribution in [0.5, 0.6) is 0 Å². The van der Waals surface area contributed by atoms with Gasteiger partial charge in [0.15, 0.2) is 0 Å². The molecule has 1 aliphatic rings. The first kappa shape index (κ1) is 10.5. The van der Waals surface area contributed by atoms with Crippen molar-refractivity contribution in [2.45, 2.75) is 19.8 Å². The second-order valence-electron chi connectivity index (χ2n) is 4.10.